The van der Waals surface area contributed by atoms with E-state index in [1.807, 2.05) is 0 Å². The van der Waals surface area contributed by atoms with Gasteiger partial charge in [-0.2, -0.15) is 0 Å². The van der Waals surface area contributed by atoms with Crippen molar-refractivity contribution >= 4 is 5.52 Å². The van der Waals surface area contributed by atoms with Crippen molar-refractivity contribution in [3.05, 3.63) is 41.7 Å². The normalized spacial score (nSPS) is 12.5. The molecule has 2 rings (SSSR count). The van der Waals surface area contributed by atoms with Gasteiger partial charge in [0.25, 0.3) is 0 Å². The molecule has 0 atom stereocenters. The molecule has 0 fully saturated rings. The molecule has 19 heavy (non-hydrogen) atoms. The molecule has 0 unspecified atom stereocenters. The Morgan fingerprint density at radius 1 is 1.16 bits per heavy atom. The lowest BCUT2D eigenvalue weighted by atomic mass is 9.86. The van der Waals surface area contributed by atoms with Crippen molar-refractivity contribution in [3.8, 4) is 0 Å². The van der Waals surface area contributed by atoms with Crippen LogP contribution < -0.4 is 0 Å². The maximum atomic E-state index is 2.36. The van der Waals surface area contributed by atoms with E-state index in [2.05, 4.69) is 74.6 Å². The lowest BCUT2D eigenvalue weighted by Gasteiger charge is -2.20. The molecule has 2 nitrogen and oxygen atoms in total. The highest BCUT2D eigenvalue weighted by molar-refractivity contribution is 5.55. The predicted molar refractivity (Wildman–Crippen MR) is 83.0 cm³/mol. The maximum Gasteiger partial charge on any atom is 0.0455 e. The number of fused-ring (bicyclic) bond motifs is 1. The molecule has 0 spiro atoms. The molecular formula is C17H26N2. The predicted octanol–water partition coefficient (Wildman–Crippen LogP) is 3.73. The molecule has 104 valence electrons. The van der Waals surface area contributed by atoms with E-state index < -0.39 is 0 Å². The SMILES string of the molecule is CN(C)CCCc1c(C(C)(C)C)cc2ccccn12. The van der Waals surface area contributed by atoms with Crippen LogP contribution in [0.5, 0.6) is 0 Å². The lowest BCUT2D eigenvalue weighted by molar-refractivity contribution is 0.398. The van der Waals surface area contributed by atoms with Gasteiger partial charge in [0.1, 0.15) is 0 Å². The van der Waals surface area contributed by atoms with E-state index in [-0.39, 0.29) is 5.41 Å². The number of hydrogen-bond acceptors (Lipinski definition) is 1. The number of rotatable bonds is 4. The largest absolute Gasteiger partial charge is 0.321 e. The Balaban J connectivity index is 2.37. The van der Waals surface area contributed by atoms with Gasteiger partial charge in [-0.3, -0.25) is 0 Å². The third-order valence-electron chi connectivity index (χ3n) is 3.61. The minimum Gasteiger partial charge on any atom is -0.321 e. The first-order valence-electron chi connectivity index (χ1n) is 7.14. The van der Waals surface area contributed by atoms with Crippen LogP contribution in [0.1, 0.15) is 38.4 Å². The first-order chi connectivity index (χ1) is 8.89. The number of aryl methyl sites for hydroxylation is 1. The third-order valence-corrected chi connectivity index (χ3v) is 3.61. The Labute approximate surface area is 117 Å². The van der Waals surface area contributed by atoms with Crippen molar-refractivity contribution in [1.29, 1.82) is 0 Å². The van der Waals surface area contributed by atoms with Crippen LogP contribution in [0.25, 0.3) is 5.52 Å². The average Bonchev–Trinajstić information content (AvgIpc) is 2.68. The van der Waals surface area contributed by atoms with Gasteiger partial charge in [-0.25, -0.2) is 0 Å². The van der Waals surface area contributed by atoms with Crippen LogP contribution in [-0.2, 0) is 11.8 Å². The summed E-state index contributed by atoms with van der Waals surface area (Å²) in [6, 6.07) is 8.79. The van der Waals surface area contributed by atoms with Crippen molar-refractivity contribution in [2.75, 3.05) is 20.6 Å². The van der Waals surface area contributed by atoms with E-state index in [4.69, 9.17) is 0 Å². The van der Waals surface area contributed by atoms with Crippen LogP contribution in [0, 0.1) is 0 Å². The molecule has 0 bridgehead atoms. The van der Waals surface area contributed by atoms with Gasteiger partial charge >= 0.3 is 0 Å². The summed E-state index contributed by atoms with van der Waals surface area (Å²) >= 11 is 0. The lowest BCUT2D eigenvalue weighted by Crippen LogP contribution is -2.16. The summed E-state index contributed by atoms with van der Waals surface area (Å²) in [4.78, 5) is 2.26. The first-order valence-corrected chi connectivity index (χ1v) is 7.14. The number of pyridine rings is 1. The third kappa shape index (κ3) is 3.19. The molecule has 0 saturated carbocycles. The summed E-state index contributed by atoms with van der Waals surface area (Å²) < 4.78 is 2.36. The first kappa shape index (κ1) is 14.1. The van der Waals surface area contributed by atoms with Gasteiger partial charge in [0.2, 0.25) is 0 Å². The molecule has 0 amide bonds. The summed E-state index contributed by atoms with van der Waals surface area (Å²) in [7, 11) is 4.28. The van der Waals surface area contributed by atoms with E-state index in [0.717, 1.165) is 13.0 Å². The van der Waals surface area contributed by atoms with E-state index in [0.29, 0.717) is 0 Å². The van der Waals surface area contributed by atoms with Crippen molar-refractivity contribution in [2.45, 2.75) is 39.0 Å². The van der Waals surface area contributed by atoms with Crippen LogP contribution >= 0.6 is 0 Å². The van der Waals surface area contributed by atoms with Gasteiger partial charge in [-0.05, 0) is 62.7 Å². The van der Waals surface area contributed by atoms with Crippen molar-refractivity contribution in [2.24, 2.45) is 0 Å². The molecule has 0 radical (unpaired) electrons. The van der Waals surface area contributed by atoms with Crippen LogP contribution in [0.2, 0.25) is 0 Å². The standard InChI is InChI=1S/C17H26N2/c1-17(2,3)15-13-14-9-6-7-12-19(14)16(15)10-8-11-18(4)5/h6-7,9,12-13H,8,10-11H2,1-5H3. The van der Waals surface area contributed by atoms with Gasteiger partial charge in [-0.15, -0.1) is 0 Å². The molecule has 2 heteroatoms. The zero-order chi connectivity index (χ0) is 14.0. The Morgan fingerprint density at radius 3 is 2.53 bits per heavy atom. The molecule has 0 aliphatic rings. The molecule has 2 aromatic rings. The van der Waals surface area contributed by atoms with Crippen LogP contribution in [0.4, 0.5) is 0 Å². The van der Waals surface area contributed by atoms with Crippen molar-refractivity contribution < 1.29 is 0 Å². The van der Waals surface area contributed by atoms with Gasteiger partial charge in [0, 0.05) is 17.4 Å². The highest BCUT2D eigenvalue weighted by Gasteiger charge is 2.21. The number of nitrogens with zero attached hydrogens (tertiary/aromatic N) is 2. The van der Waals surface area contributed by atoms with Gasteiger partial charge in [0.15, 0.2) is 0 Å². The maximum absolute atomic E-state index is 2.36. The number of aromatic nitrogens is 1. The Hall–Kier alpha value is -1.28. The summed E-state index contributed by atoms with van der Waals surface area (Å²) in [5, 5.41) is 0. The topological polar surface area (TPSA) is 7.65 Å². The molecule has 0 aliphatic heterocycles. The van der Waals surface area contributed by atoms with Crippen LogP contribution in [0.3, 0.4) is 0 Å². The van der Waals surface area contributed by atoms with Gasteiger partial charge in [0.05, 0.1) is 0 Å². The monoisotopic (exact) mass is 258 g/mol. The molecule has 0 aliphatic carbocycles. The van der Waals surface area contributed by atoms with E-state index >= 15 is 0 Å². The number of hydrogen-bond donors (Lipinski definition) is 0. The zero-order valence-electron chi connectivity index (χ0n) is 12.9. The minimum atomic E-state index is 0.208. The quantitative estimate of drug-likeness (QED) is 0.811. The van der Waals surface area contributed by atoms with Crippen molar-refractivity contribution in [1.82, 2.24) is 9.30 Å². The summed E-state index contributed by atoms with van der Waals surface area (Å²) in [6.45, 7) is 8.05. The zero-order valence-corrected chi connectivity index (χ0v) is 12.9. The van der Waals surface area contributed by atoms with E-state index in [1.54, 1.807) is 0 Å². The fraction of sp³-hybridized carbons (Fsp3) is 0.529. The molecule has 0 N–H and O–H groups in total. The average molecular weight is 258 g/mol. The van der Waals surface area contributed by atoms with Gasteiger partial charge in [-0.1, -0.05) is 26.8 Å². The van der Waals surface area contributed by atoms with E-state index in [9.17, 15) is 0 Å². The molecule has 0 saturated heterocycles. The Morgan fingerprint density at radius 2 is 1.89 bits per heavy atom. The Bertz CT molecular complexity index is 544. The summed E-state index contributed by atoms with van der Waals surface area (Å²) in [6.07, 6.45) is 4.54. The second-order valence-corrected chi connectivity index (χ2v) is 6.66. The van der Waals surface area contributed by atoms with Crippen molar-refractivity contribution in [3.63, 3.8) is 0 Å². The second-order valence-electron chi connectivity index (χ2n) is 6.66. The fourth-order valence-electron chi connectivity index (χ4n) is 2.65. The molecular weight excluding hydrogens is 232 g/mol. The van der Waals surface area contributed by atoms with Crippen LogP contribution in [-0.4, -0.2) is 29.9 Å². The minimum absolute atomic E-state index is 0.208. The molecule has 2 aromatic heterocycles. The van der Waals surface area contributed by atoms with E-state index in [1.165, 1.54) is 23.2 Å². The smallest absolute Gasteiger partial charge is 0.0455 e. The highest BCUT2D eigenvalue weighted by Crippen LogP contribution is 2.30. The second kappa shape index (κ2) is 5.38. The summed E-state index contributed by atoms with van der Waals surface area (Å²) in [5.41, 5.74) is 4.48. The fourth-order valence-corrected chi connectivity index (χ4v) is 2.65. The molecule has 0 aromatic carbocycles. The van der Waals surface area contributed by atoms with Crippen LogP contribution in [0.15, 0.2) is 30.5 Å². The summed E-state index contributed by atoms with van der Waals surface area (Å²) in [5.74, 6) is 0. The molecule has 2 heterocycles. The highest BCUT2D eigenvalue weighted by atomic mass is 15.0. The Kier molecular flexibility index (Phi) is 4.00. The van der Waals surface area contributed by atoms with Gasteiger partial charge < -0.3 is 9.30 Å².